The zero-order valence-corrected chi connectivity index (χ0v) is 11.8. The van der Waals surface area contributed by atoms with E-state index >= 15 is 0 Å². The van der Waals surface area contributed by atoms with E-state index in [0.29, 0.717) is 5.13 Å². The molecule has 0 aliphatic carbocycles. The molecular formula is C13H22N4S. The molecule has 0 spiro atoms. The summed E-state index contributed by atoms with van der Waals surface area (Å²) in [5.74, 6) is 0.855. The lowest BCUT2D eigenvalue weighted by atomic mass is 9.84. The van der Waals surface area contributed by atoms with Crippen LogP contribution in [-0.2, 0) is 6.54 Å². The van der Waals surface area contributed by atoms with Crippen LogP contribution < -0.4 is 5.73 Å². The van der Waals surface area contributed by atoms with Crippen molar-refractivity contribution in [3.05, 3.63) is 11.1 Å². The topological polar surface area (TPSA) is 45.4 Å². The molecule has 2 unspecified atom stereocenters. The molecule has 0 saturated carbocycles. The van der Waals surface area contributed by atoms with E-state index < -0.39 is 0 Å². The Labute approximate surface area is 113 Å². The van der Waals surface area contributed by atoms with Crippen molar-refractivity contribution in [3.8, 4) is 0 Å². The number of hydrogen-bond donors (Lipinski definition) is 1. The molecule has 2 aliphatic rings. The van der Waals surface area contributed by atoms with Crippen LogP contribution in [0, 0.1) is 5.92 Å². The van der Waals surface area contributed by atoms with Crippen molar-refractivity contribution >= 4 is 16.5 Å². The number of fused-ring (bicyclic) bond motifs is 1. The fourth-order valence-corrected chi connectivity index (χ4v) is 4.05. The third kappa shape index (κ3) is 2.53. The molecule has 3 heterocycles. The quantitative estimate of drug-likeness (QED) is 0.884. The summed E-state index contributed by atoms with van der Waals surface area (Å²) in [6, 6.07) is 0.815. The van der Waals surface area contributed by atoms with E-state index in [9.17, 15) is 0 Å². The van der Waals surface area contributed by atoms with Crippen LogP contribution in [0.3, 0.4) is 0 Å². The van der Waals surface area contributed by atoms with E-state index in [0.717, 1.165) is 24.2 Å². The van der Waals surface area contributed by atoms with Crippen LogP contribution in [0.4, 0.5) is 5.13 Å². The molecule has 2 N–H and O–H groups in total. The van der Waals surface area contributed by atoms with Gasteiger partial charge in [-0.1, -0.05) is 0 Å². The SMILES string of the molecule is CN1CCCC2CN(Cc3csc(N)n3)CCC21. The maximum atomic E-state index is 5.69. The first-order valence-corrected chi connectivity index (χ1v) is 7.73. The molecule has 1 aromatic heterocycles. The van der Waals surface area contributed by atoms with Crippen LogP contribution >= 0.6 is 11.3 Å². The summed E-state index contributed by atoms with van der Waals surface area (Å²) >= 11 is 1.55. The first kappa shape index (κ1) is 12.4. The highest BCUT2D eigenvalue weighted by Gasteiger charge is 2.34. The Balaban J connectivity index is 1.60. The minimum absolute atomic E-state index is 0.692. The fraction of sp³-hybridized carbons (Fsp3) is 0.769. The third-order valence-electron chi connectivity index (χ3n) is 4.38. The summed E-state index contributed by atoms with van der Waals surface area (Å²) in [5.41, 5.74) is 6.83. The van der Waals surface area contributed by atoms with Crippen molar-refractivity contribution in [2.24, 2.45) is 5.92 Å². The number of nitrogens with zero attached hydrogens (tertiary/aromatic N) is 3. The molecule has 5 heteroatoms. The summed E-state index contributed by atoms with van der Waals surface area (Å²) in [4.78, 5) is 9.48. The molecule has 3 rings (SSSR count). The number of anilines is 1. The van der Waals surface area contributed by atoms with Gasteiger partial charge in [-0.3, -0.25) is 4.90 Å². The van der Waals surface area contributed by atoms with Gasteiger partial charge in [0.15, 0.2) is 5.13 Å². The van der Waals surface area contributed by atoms with Gasteiger partial charge in [0.1, 0.15) is 0 Å². The van der Waals surface area contributed by atoms with Gasteiger partial charge in [-0.15, -0.1) is 11.3 Å². The third-order valence-corrected chi connectivity index (χ3v) is 5.11. The summed E-state index contributed by atoms with van der Waals surface area (Å²) < 4.78 is 0. The number of aromatic nitrogens is 1. The first-order valence-electron chi connectivity index (χ1n) is 6.85. The summed E-state index contributed by atoms with van der Waals surface area (Å²) in [7, 11) is 2.29. The van der Waals surface area contributed by atoms with Crippen molar-refractivity contribution in [1.82, 2.24) is 14.8 Å². The van der Waals surface area contributed by atoms with Crippen LogP contribution in [0.2, 0.25) is 0 Å². The summed E-state index contributed by atoms with van der Waals surface area (Å²) in [6.45, 7) is 4.68. The average Bonchev–Trinajstić information content (AvgIpc) is 2.75. The number of likely N-dealkylation sites (tertiary alicyclic amines) is 2. The number of piperidine rings is 2. The highest BCUT2D eigenvalue weighted by molar-refractivity contribution is 7.13. The molecule has 2 aliphatic heterocycles. The smallest absolute Gasteiger partial charge is 0.180 e. The van der Waals surface area contributed by atoms with Crippen LogP contribution in [-0.4, -0.2) is 47.5 Å². The van der Waals surface area contributed by atoms with E-state index in [2.05, 4.69) is 27.2 Å². The van der Waals surface area contributed by atoms with Crippen LogP contribution in [0.1, 0.15) is 25.0 Å². The maximum absolute atomic E-state index is 5.69. The van der Waals surface area contributed by atoms with Crippen molar-refractivity contribution in [2.75, 3.05) is 32.4 Å². The summed E-state index contributed by atoms with van der Waals surface area (Å²) in [5, 5.41) is 2.78. The average molecular weight is 266 g/mol. The van der Waals surface area contributed by atoms with Crippen molar-refractivity contribution in [3.63, 3.8) is 0 Å². The van der Waals surface area contributed by atoms with Crippen molar-refractivity contribution in [2.45, 2.75) is 31.8 Å². The van der Waals surface area contributed by atoms with E-state index in [1.807, 2.05) is 0 Å². The Bertz CT molecular complexity index is 405. The van der Waals surface area contributed by atoms with E-state index in [1.165, 1.54) is 38.9 Å². The lowest BCUT2D eigenvalue weighted by molar-refractivity contribution is 0.0351. The Morgan fingerprint density at radius 2 is 2.33 bits per heavy atom. The van der Waals surface area contributed by atoms with E-state index in [-0.39, 0.29) is 0 Å². The molecule has 2 fully saturated rings. The Kier molecular flexibility index (Phi) is 3.54. The van der Waals surface area contributed by atoms with Gasteiger partial charge in [0.2, 0.25) is 0 Å². The highest BCUT2D eigenvalue weighted by atomic mass is 32.1. The van der Waals surface area contributed by atoms with Crippen LogP contribution in [0.15, 0.2) is 5.38 Å². The lowest BCUT2D eigenvalue weighted by Gasteiger charge is -2.45. The lowest BCUT2D eigenvalue weighted by Crippen LogP contribution is -2.52. The fourth-order valence-electron chi connectivity index (χ4n) is 3.50. The Morgan fingerprint density at radius 1 is 1.44 bits per heavy atom. The first-order chi connectivity index (χ1) is 8.72. The van der Waals surface area contributed by atoms with Gasteiger partial charge in [-0.2, -0.15) is 0 Å². The normalized spacial score (nSPS) is 30.3. The molecule has 18 heavy (non-hydrogen) atoms. The number of nitrogen functional groups attached to an aromatic ring is 1. The van der Waals surface area contributed by atoms with E-state index in [4.69, 9.17) is 5.73 Å². The molecule has 0 bridgehead atoms. The van der Waals surface area contributed by atoms with Crippen LogP contribution in [0.5, 0.6) is 0 Å². The van der Waals surface area contributed by atoms with E-state index in [1.54, 1.807) is 11.3 Å². The molecule has 2 atom stereocenters. The van der Waals surface area contributed by atoms with Crippen molar-refractivity contribution in [1.29, 1.82) is 0 Å². The van der Waals surface area contributed by atoms with Crippen LogP contribution in [0.25, 0.3) is 0 Å². The van der Waals surface area contributed by atoms with Gasteiger partial charge in [0.25, 0.3) is 0 Å². The van der Waals surface area contributed by atoms with Gasteiger partial charge in [0, 0.05) is 31.1 Å². The second-order valence-electron chi connectivity index (χ2n) is 5.65. The predicted molar refractivity (Wildman–Crippen MR) is 75.6 cm³/mol. The zero-order valence-electron chi connectivity index (χ0n) is 11.0. The van der Waals surface area contributed by atoms with Gasteiger partial charge < -0.3 is 10.6 Å². The van der Waals surface area contributed by atoms with Gasteiger partial charge >= 0.3 is 0 Å². The number of hydrogen-bond acceptors (Lipinski definition) is 5. The molecular weight excluding hydrogens is 244 g/mol. The molecule has 100 valence electrons. The number of rotatable bonds is 2. The zero-order chi connectivity index (χ0) is 12.5. The van der Waals surface area contributed by atoms with Gasteiger partial charge in [-0.25, -0.2) is 4.98 Å². The Hall–Kier alpha value is -0.650. The molecule has 0 amide bonds. The Morgan fingerprint density at radius 3 is 3.11 bits per heavy atom. The molecule has 1 aromatic rings. The monoisotopic (exact) mass is 266 g/mol. The molecule has 4 nitrogen and oxygen atoms in total. The second kappa shape index (κ2) is 5.15. The van der Waals surface area contributed by atoms with Crippen molar-refractivity contribution < 1.29 is 0 Å². The summed E-state index contributed by atoms with van der Waals surface area (Å²) in [6.07, 6.45) is 4.06. The highest BCUT2D eigenvalue weighted by Crippen LogP contribution is 2.30. The molecule has 0 radical (unpaired) electrons. The van der Waals surface area contributed by atoms with Gasteiger partial charge in [-0.05, 0) is 38.8 Å². The number of thiazole rings is 1. The van der Waals surface area contributed by atoms with Gasteiger partial charge in [0.05, 0.1) is 5.69 Å². The minimum Gasteiger partial charge on any atom is -0.375 e. The maximum Gasteiger partial charge on any atom is 0.180 e. The standard InChI is InChI=1S/C13H22N4S/c1-16-5-2-3-10-7-17(6-4-12(10)16)8-11-9-18-13(14)15-11/h9-10,12H,2-8H2,1H3,(H2,14,15). The second-order valence-corrected chi connectivity index (χ2v) is 6.54. The minimum atomic E-state index is 0.692. The number of nitrogens with two attached hydrogens (primary N) is 1. The largest absolute Gasteiger partial charge is 0.375 e. The predicted octanol–water partition coefficient (Wildman–Crippen LogP) is 1.64. The molecule has 0 aromatic carbocycles. The molecule has 2 saturated heterocycles.